The molecule has 18 heavy (non-hydrogen) atoms. The van der Waals surface area contributed by atoms with Crippen molar-refractivity contribution in [3.63, 3.8) is 0 Å². The molecule has 0 bridgehead atoms. The minimum absolute atomic E-state index is 0.115. The van der Waals surface area contributed by atoms with Crippen LogP contribution in [0.2, 0.25) is 0 Å². The first-order valence-electron chi connectivity index (χ1n) is 5.28. The Bertz CT molecular complexity index is 557. The molecule has 0 heterocycles. The van der Waals surface area contributed by atoms with Gasteiger partial charge in [-0.25, -0.2) is 8.42 Å². The molecular weight excluding hydrogens is 320 g/mol. The number of amides is 1. The predicted octanol–water partition coefficient (Wildman–Crippen LogP) is 1.17. The standard InChI is InChI=1S/C11H15BrN2O3S/c1-7-4-5-10(9(12)6-7)18(16,17)14-8(2)11(15)13-3/h4-6,8,14H,1-3H3,(H,13,15). The molecule has 7 heteroatoms. The van der Waals surface area contributed by atoms with E-state index in [4.69, 9.17) is 0 Å². The van der Waals surface area contributed by atoms with Gasteiger partial charge in [0, 0.05) is 11.5 Å². The SMILES string of the molecule is CNC(=O)C(C)NS(=O)(=O)c1ccc(C)cc1Br. The van der Waals surface area contributed by atoms with E-state index in [0.29, 0.717) is 4.47 Å². The van der Waals surface area contributed by atoms with Crippen molar-refractivity contribution in [2.75, 3.05) is 7.05 Å². The highest BCUT2D eigenvalue weighted by atomic mass is 79.9. The summed E-state index contributed by atoms with van der Waals surface area (Å²) >= 11 is 3.21. The molecule has 0 aliphatic carbocycles. The summed E-state index contributed by atoms with van der Waals surface area (Å²) in [6.45, 7) is 3.35. The van der Waals surface area contributed by atoms with Gasteiger partial charge in [-0.3, -0.25) is 4.79 Å². The van der Waals surface area contributed by atoms with Gasteiger partial charge >= 0.3 is 0 Å². The molecule has 1 rings (SSSR count). The summed E-state index contributed by atoms with van der Waals surface area (Å²) in [4.78, 5) is 11.4. The van der Waals surface area contributed by atoms with E-state index < -0.39 is 16.1 Å². The maximum Gasteiger partial charge on any atom is 0.242 e. The van der Waals surface area contributed by atoms with Crippen LogP contribution < -0.4 is 10.0 Å². The van der Waals surface area contributed by atoms with E-state index in [1.807, 2.05) is 6.92 Å². The van der Waals surface area contributed by atoms with Crippen molar-refractivity contribution in [3.05, 3.63) is 28.2 Å². The molecule has 2 N–H and O–H groups in total. The fourth-order valence-electron chi connectivity index (χ4n) is 1.39. The normalized spacial score (nSPS) is 13.1. The molecule has 0 saturated heterocycles. The van der Waals surface area contributed by atoms with E-state index in [-0.39, 0.29) is 10.8 Å². The lowest BCUT2D eigenvalue weighted by Gasteiger charge is -2.14. The third-order valence-electron chi connectivity index (χ3n) is 2.35. The minimum atomic E-state index is -3.72. The number of hydrogen-bond donors (Lipinski definition) is 2. The highest BCUT2D eigenvalue weighted by Crippen LogP contribution is 2.23. The average molecular weight is 335 g/mol. The van der Waals surface area contributed by atoms with E-state index in [0.717, 1.165) is 5.56 Å². The molecule has 1 unspecified atom stereocenters. The lowest BCUT2D eigenvalue weighted by Crippen LogP contribution is -2.43. The van der Waals surface area contributed by atoms with Gasteiger partial charge < -0.3 is 5.32 Å². The van der Waals surface area contributed by atoms with Crippen LogP contribution in [0.3, 0.4) is 0 Å². The second kappa shape index (κ2) is 5.81. The van der Waals surface area contributed by atoms with Crippen LogP contribution in [-0.4, -0.2) is 27.4 Å². The maximum absolute atomic E-state index is 12.1. The summed E-state index contributed by atoms with van der Waals surface area (Å²) in [5.74, 6) is -0.387. The highest BCUT2D eigenvalue weighted by molar-refractivity contribution is 9.10. The Hall–Kier alpha value is -0.920. The summed E-state index contributed by atoms with van der Waals surface area (Å²) in [7, 11) is -2.27. The summed E-state index contributed by atoms with van der Waals surface area (Å²) < 4.78 is 26.9. The molecule has 0 radical (unpaired) electrons. The van der Waals surface area contributed by atoms with Gasteiger partial charge in [0.15, 0.2) is 0 Å². The molecule has 0 aliphatic rings. The second-order valence-corrected chi connectivity index (χ2v) is 6.43. The lowest BCUT2D eigenvalue weighted by atomic mass is 10.2. The summed E-state index contributed by atoms with van der Waals surface area (Å²) in [6.07, 6.45) is 0. The molecule has 0 aromatic heterocycles. The van der Waals surface area contributed by atoms with Crippen molar-refractivity contribution < 1.29 is 13.2 Å². The molecule has 0 spiro atoms. The Labute approximate surface area is 115 Å². The first kappa shape index (κ1) is 15.1. The smallest absolute Gasteiger partial charge is 0.242 e. The first-order valence-corrected chi connectivity index (χ1v) is 7.55. The Morgan fingerprint density at radius 3 is 2.50 bits per heavy atom. The van der Waals surface area contributed by atoms with Gasteiger partial charge in [-0.2, -0.15) is 4.72 Å². The molecule has 0 aliphatic heterocycles. The van der Waals surface area contributed by atoms with Crippen LogP contribution in [0.5, 0.6) is 0 Å². The number of nitrogens with one attached hydrogen (secondary N) is 2. The molecule has 100 valence electrons. The number of carbonyl (C=O) groups is 1. The van der Waals surface area contributed by atoms with Gasteiger partial charge in [0.2, 0.25) is 15.9 Å². The number of benzene rings is 1. The summed E-state index contributed by atoms with van der Waals surface area (Å²) in [5, 5.41) is 2.38. The van der Waals surface area contributed by atoms with Gasteiger partial charge in [-0.1, -0.05) is 6.07 Å². The van der Waals surface area contributed by atoms with Gasteiger partial charge in [-0.05, 0) is 47.5 Å². The molecular formula is C11H15BrN2O3S. The monoisotopic (exact) mass is 334 g/mol. The highest BCUT2D eigenvalue weighted by Gasteiger charge is 2.23. The third kappa shape index (κ3) is 3.54. The lowest BCUT2D eigenvalue weighted by molar-refractivity contribution is -0.121. The zero-order valence-electron chi connectivity index (χ0n) is 10.3. The minimum Gasteiger partial charge on any atom is -0.358 e. The van der Waals surface area contributed by atoms with E-state index in [9.17, 15) is 13.2 Å². The van der Waals surface area contributed by atoms with Crippen LogP contribution in [-0.2, 0) is 14.8 Å². The first-order chi connectivity index (χ1) is 8.27. The van der Waals surface area contributed by atoms with Gasteiger partial charge in [-0.15, -0.1) is 0 Å². The van der Waals surface area contributed by atoms with Crippen molar-refractivity contribution in [3.8, 4) is 0 Å². The number of carbonyl (C=O) groups excluding carboxylic acids is 1. The van der Waals surface area contributed by atoms with Crippen LogP contribution in [0.4, 0.5) is 0 Å². The Morgan fingerprint density at radius 1 is 1.39 bits per heavy atom. The Kier molecular flexibility index (Phi) is 4.89. The van der Waals surface area contributed by atoms with Gasteiger partial charge in [0.1, 0.15) is 0 Å². The van der Waals surface area contributed by atoms with E-state index in [1.54, 1.807) is 12.1 Å². The van der Waals surface area contributed by atoms with Gasteiger partial charge in [0.05, 0.1) is 10.9 Å². The number of hydrogen-bond acceptors (Lipinski definition) is 3. The molecule has 0 saturated carbocycles. The summed E-state index contributed by atoms with van der Waals surface area (Å²) in [6, 6.07) is 4.08. The average Bonchev–Trinajstić information content (AvgIpc) is 2.26. The molecule has 5 nitrogen and oxygen atoms in total. The fraction of sp³-hybridized carbons (Fsp3) is 0.364. The fourth-order valence-corrected chi connectivity index (χ4v) is 3.78. The quantitative estimate of drug-likeness (QED) is 0.867. The number of sulfonamides is 1. The van der Waals surface area contributed by atoms with Crippen molar-refractivity contribution in [1.29, 1.82) is 0 Å². The Morgan fingerprint density at radius 2 is 2.00 bits per heavy atom. The molecule has 1 atom stereocenters. The van der Waals surface area contributed by atoms with E-state index in [2.05, 4.69) is 26.0 Å². The van der Waals surface area contributed by atoms with Crippen LogP contribution in [0.25, 0.3) is 0 Å². The van der Waals surface area contributed by atoms with Crippen LogP contribution in [0, 0.1) is 6.92 Å². The van der Waals surface area contributed by atoms with E-state index in [1.165, 1.54) is 20.0 Å². The van der Waals surface area contributed by atoms with Crippen molar-refractivity contribution in [1.82, 2.24) is 10.0 Å². The topological polar surface area (TPSA) is 75.3 Å². The second-order valence-electron chi connectivity index (χ2n) is 3.89. The van der Waals surface area contributed by atoms with Gasteiger partial charge in [0.25, 0.3) is 0 Å². The van der Waals surface area contributed by atoms with Crippen LogP contribution in [0.15, 0.2) is 27.6 Å². The van der Waals surface area contributed by atoms with Crippen molar-refractivity contribution in [2.24, 2.45) is 0 Å². The number of halogens is 1. The zero-order valence-corrected chi connectivity index (χ0v) is 12.7. The number of likely N-dealkylation sites (N-methyl/N-ethyl adjacent to an activating group) is 1. The van der Waals surface area contributed by atoms with Crippen molar-refractivity contribution in [2.45, 2.75) is 24.8 Å². The largest absolute Gasteiger partial charge is 0.358 e. The zero-order chi connectivity index (χ0) is 13.9. The Balaban J connectivity index is 3.04. The molecule has 1 aromatic rings. The number of rotatable bonds is 4. The van der Waals surface area contributed by atoms with Crippen molar-refractivity contribution >= 4 is 31.9 Å². The third-order valence-corrected chi connectivity index (χ3v) is 4.87. The maximum atomic E-state index is 12.1. The number of aryl methyl sites for hydroxylation is 1. The molecule has 1 amide bonds. The molecule has 1 aromatic carbocycles. The van der Waals surface area contributed by atoms with E-state index >= 15 is 0 Å². The predicted molar refractivity (Wildman–Crippen MR) is 72.7 cm³/mol. The molecule has 0 fully saturated rings. The van der Waals surface area contributed by atoms with Crippen LogP contribution in [0.1, 0.15) is 12.5 Å². The van der Waals surface area contributed by atoms with Crippen LogP contribution >= 0.6 is 15.9 Å². The summed E-state index contributed by atoms with van der Waals surface area (Å²) in [5.41, 5.74) is 0.945.